The first-order chi connectivity index (χ1) is 12.2. The molecule has 0 aliphatic rings. The number of carbonyl (C=O) groups is 1. The van der Waals surface area contributed by atoms with E-state index < -0.39 is 0 Å². The van der Waals surface area contributed by atoms with E-state index in [1.165, 1.54) is 5.56 Å². The van der Waals surface area contributed by atoms with Gasteiger partial charge in [0.2, 0.25) is 0 Å². The van der Waals surface area contributed by atoms with Gasteiger partial charge >= 0.3 is 0 Å². The number of carbonyl (C=O) groups excluding carboxylic acids is 1. The highest BCUT2D eigenvalue weighted by Gasteiger charge is 2.12. The molecule has 0 saturated heterocycles. The van der Waals surface area contributed by atoms with Gasteiger partial charge in [0.25, 0.3) is 5.91 Å². The van der Waals surface area contributed by atoms with Crippen molar-refractivity contribution < 1.29 is 9.21 Å². The van der Waals surface area contributed by atoms with Gasteiger partial charge in [0, 0.05) is 11.8 Å². The molecule has 2 aromatic heterocycles. The summed E-state index contributed by atoms with van der Waals surface area (Å²) in [5, 5.41) is 6.07. The average Bonchev–Trinajstić information content (AvgIpc) is 3.13. The van der Waals surface area contributed by atoms with Gasteiger partial charge in [-0.15, -0.1) is 0 Å². The molecule has 6 nitrogen and oxygen atoms in total. The number of aromatic nitrogens is 2. The Kier molecular flexibility index (Phi) is 5.09. The van der Waals surface area contributed by atoms with Crippen molar-refractivity contribution in [3.63, 3.8) is 0 Å². The third-order valence-electron chi connectivity index (χ3n) is 3.73. The monoisotopic (exact) mass is 336 g/mol. The Labute approximate surface area is 146 Å². The Morgan fingerprint density at radius 2 is 2.00 bits per heavy atom. The molecule has 0 atom stereocenters. The molecule has 0 aliphatic heterocycles. The van der Waals surface area contributed by atoms with Gasteiger partial charge in [0.05, 0.1) is 12.8 Å². The predicted molar refractivity (Wildman–Crippen MR) is 95.7 cm³/mol. The van der Waals surface area contributed by atoms with E-state index in [1.807, 2.05) is 18.2 Å². The van der Waals surface area contributed by atoms with Gasteiger partial charge < -0.3 is 15.1 Å². The number of rotatable bonds is 6. The Balaban J connectivity index is 1.76. The summed E-state index contributed by atoms with van der Waals surface area (Å²) in [6, 6.07) is 13.3. The van der Waals surface area contributed by atoms with Crippen LogP contribution in [0, 0.1) is 6.92 Å². The Hall–Kier alpha value is -3.15. The summed E-state index contributed by atoms with van der Waals surface area (Å²) < 4.78 is 5.21. The van der Waals surface area contributed by atoms with Crippen molar-refractivity contribution in [1.82, 2.24) is 15.3 Å². The molecule has 0 aliphatic carbocycles. The van der Waals surface area contributed by atoms with Crippen LogP contribution >= 0.6 is 0 Å². The molecule has 3 aromatic rings. The number of furan rings is 1. The smallest absolute Gasteiger partial charge is 0.270 e. The third kappa shape index (κ3) is 4.23. The second-order valence-electron chi connectivity index (χ2n) is 5.58. The molecule has 0 radical (unpaired) electrons. The van der Waals surface area contributed by atoms with Gasteiger partial charge in [-0.25, -0.2) is 9.97 Å². The number of hydrogen-bond donors (Lipinski definition) is 2. The molecule has 2 heterocycles. The lowest BCUT2D eigenvalue weighted by Crippen LogP contribution is -2.24. The van der Waals surface area contributed by atoms with E-state index in [1.54, 1.807) is 31.4 Å². The van der Waals surface area contributed by atoms with Crippen LogP contribution in [0.5, 0.6) is 0 Å². The highest BCUT2D eigenvalue weighted by molar-refractivity contribution is 5.93. The fourth-order valence-electron chi connectivity index (χ4n) is 2.51. The number of benzene rings is 1. The van der Waals surface area contributed by atoms with E-state index in [0.29, 0.717) is 29.6 Å². The molecule has 1 aromatic carbocycles. The highest BCUT2D eigenvalue weighted by atomic mass is 16.3. The first-order valence-corrected chi connectivity index (χ1v) is 8.17. The minimum absolute atomic E-state index is 0.270. The van der Waals surface area contributed by atoms with Crippen LogP contribution in [-0.2, 0) is 13.0 Å². The maximum absolute atomic E-state index is 12.3. The highest BCUT2D eigenvalue weighted by Crippen LogP contribution is 2.20. The summed E-state index contributed by atoms with van der Waals surface area (Å²) in [4.78, 5) is 20.9. The van der Waals surface area contributed by atoms with Gasteiger partial charge in [-0.05, 0) is 37.1 Å². The molecule has 0 unspecified atom stereocenters. The molecule has 0 bridgehead atoms. The van der Waals surface area contributed by atoms with E-state index in [9.17, 15) is 4.79 Å². The van der Waals surface area contributed by atoms with E-state index in [4.69, 9.17) is 4.42 Å². The number of hydrogen-bond acceptors (Lipinski definition) is 5. The number of nitrogens with one attached hydrogen (secondary N) is 2. The SMILES string of the molecule is CCc1ccccc1Nc1cc(C(=O)NCc2ccco2)nc(C)n1. The second kappa shape index (κ2) is 7.61. The topological polar surface area (TPSA) is 80.0 Å². The van der Waals surface area contributed by atoms with Gasteiger partial charge in [-0.3, -0.25) is 4.79 Å². The molecule has 2 N–H and O–H groups in total. The maximum atomic E-state index is 12.3. The van der Waals surface area contributed by atoms with E-state index in [0.717, 1.165) is 12.1 Å². The van der Waals surface area contributed by atoms with Gasteiger partial charge in [0.15, 0.2) is 0 Å². The van der Waals surface area contributed by atoms with E-state index in [2.05, 4.69) is 33.6 Å². The number of amides is 1. The zero-order chi connectivity index (χ0) is 17.6. The summed E-state index contributed by atoms with van der Waals surface area (Å²) in [7, 11) is 0. The molecule has 128 valence electrons. The lowest BCUT2D eigenvalue weighted by atomic mass is 10.1. The van der Waals surface area contributed by atoms with Crippen molar-refractivity contribution in [3.8, 4) is 0 Å². The lowest BCUT2D eigenvalue weighted by molar-refractivity contribution is 0.0942. The van der Waals surface area contributed by atoms with Gasteiger partial charge in [0.1, 0.15) is 23.1 Å². The second-order valence-corrected chi connectivity index (χ2v) is 5.58. The number of anilines is 2. The summed E-state index contributed by atoms with van der Waals surface area (Å²) in [5.74, 6) is 1.54. The molecule has 25 heavy (non-hydrogen) atoms. The van der Waals surface area contributed by atoms with Crippen molar-refractivity contribution in [3.05, 3.63) is 71.6 Å². The van der Waals surface area contributed by atoms with Crippen LogP contribution < -0.4 is 10.6 Å². The fraction of sp³-hybridized carbons (Fsp3) is 0.211. The predicted octanol–water partition coefficient (Wildman–Crippen LogP) is 3.61. The van der Waals surface area contributed by atoms with Crippen molar-refractivity contribution in [1.29, 1.82) is 0 Å². The summed E-state index contributed by atoms with van der Waals surface area (Å²) in [5.41, 5.74) is 2.48. The van der Waals surface area contributed by atoms with Crippen molar-refractivity contribution in [2.24, 2.45) is 0 Å². The fourth-order valence-corrected chi connectivity index (χ4v) is 2.51. The maximum Gasteiger partial charge on any atom is 0.270 e. The first-order valence-electron chi connectivity index (χ1n) is 8.17. The van der Waals surface area contributed by atoms with Crippen LogP contribution in [0.1, 0.15) is 34.6 Å². The normalized spacial score (nSPS) is 10.5. The summed E-state index contributed by atoms with van der Waals surface area (Å²) in [6.07, 6.45) is 2.48. The quantitative estimate of drug-likeness (QED) is 0.719. The number of para-hydroxylation sites is 1. The molecule has 0 spiro atoms. The Bertz CT molecular complexity index is 860. The van der Waals surface area contributed by atoms with E-state index in [-0.39, 0.29) is 5.91 Å². The van der Waals surface area contributed by atoms with Crippen LogP contribution in [0.3, 0.4) is 0 Å². The standard InChI is InChI=1S/C19H20N4O2/c1-3-14-7-4-5-9-16(14)23-18-11-17(21-13(2)22-18)19(24)20-12-15-8-6-10-25-15/h4-11H,3,12H2,1-2H3,(H,20,24)(H,21,22,23). The Morgan fingerprint density at radius 1 is 1.16 bits per heavy atom. The van der Waals surface area contributed by atoms with Crippen LogP contribution in [0.4, 0.5) is 11.5 Å². The van der Waals surface area contributed by atoms with Crippen LogP contribution in [0.25, 0.3) is 0 Å². The summed E-state index contributed by atoms with van der Waals surface area (Å²) in [6.45, 7) is 4.18. The van der Waals surface area contributed by atoms with Crippen molar-refractivity contribution in [2.75, 3.05) is 5.32 Å². The molecule has 6 heteroatoms. The largest absolute Gasteiger partial charge is 0.467 e. The molecule has 1 amide bonds. The third-order valence-corrected chi connectivity index (χ3v) is 3.73. The average molecular weight is 336 g/mol. The Morgan fingerprint density at radius 3 is 2.76 bits per heavy atom. The molecule has 3 rings (SSSR count). The lowest BCUT2D eigenvalue weighted by Gasteiger charge is -2.11. The van der Waals surface area contributed by atoms with Gasteiger partial charge in [-0.2, -0.15) is 0 Å². The molecule has 0 fully saturated rings. The molecular weight excluding hydrogens is 316 g/mol. The zero-order valence-corrected chi connectivity index (χ0v) is 14.2. The van der Waals surface area contributed by atoms with Crippen molar-refractivity contribution in [2.45, 2.75) is 26.8 Å². The van der Waals surface area contributed by atoms with Gasteiger partial charge in [-0.1, -0.05) is 25.1 Å². The first kappa shape index (κ1) is 16.7. The number of nitrogens with zero attached hydrogens (tertiary/aromatic N) is 2. The van der Waals surface area contributed by atoms with Crippen LogP contribution in [0.15, 0.2) is 53.1 Å². The van der Waals surface area contributed by atoms with Crippen molar-refractivity contribution >= 4 is 17.4 Å². The van der Waals surface area contributed by atoms with Crippen LogP contribution in [0.2, 0.25) is 0 Å². The minimum Gasteiger partial charge on any atom is -0.467 e. The minimum atomic E-state index is -0.270. The molecule has 0 saturated carbocycles. The summed E-state index contributed by atoms with van der Waals surface area (Å²) >= 11 is 0. The van der Waals surface area contributed by atoms with E-state index >= 15 is 0 Å². The van der Waals surface area contributed by atoms with Crippen LogP contribution in [-0.4, -0.2) is 15.9 Å². The zero-order valence-electron chi connectivity index (χ0n) is 14.2. The number of aryl methyl sites for hydroxylation is 2. The molecular formula is C19H20N4O2.